The minimum atomic E-state index is -0.260. The Bertz CT molecular complexity index is 564. The molecule has 0 unspecified atom stereocenters. The molecule has 0 aliphatic heterocycles. The summed E-state index contributed by atoms with van der Waals surface area (Å²) in [6.07, 6.45) is 0. The summed E-state index contributed by atoms with van der Waals surface area (Å²) in [7, 11) is 0. The maximum atomic E-state index is 12.8. The number of halogens is 1. The first-order valence-electron chi connectivity index (χ1n) is 6.81. The van der Waals surface area contributed by atoms with Crippen molar-refractivity contribution in [3.05, 3.63) is 59.4 Å². The number of rotatable bonds is 5. The van der Waals surface area contributed by atoms with Crippen LogP contribution in [0.5, 0.6) is 11.5 Å². The summed E-state index contributed by atoms with van der Waals surface area (Å²) >= 11 is 0. The lowest BCUT2D eigenvalue weighted by molar-refractivity contribution is 0.476. The molecule has 3 heteroatoms. The Hall–Kier alpha value is -1.87. The van der Waals surface area contributed by atoms with Crippen molar-refractivity contribution in [3.63, 3.8) is 0 Å². The van der Waals surface area contributed by atoms with Gasteiger partial charge in [-0.25, -0.2) is 4.39 Å². The summed E-state index contributed by atoms with van der Waals surface area (Å²) in [5.74, 6) is 1.18. The minimum absolute atomic E-state index is 0.260. The fourth-order valence-corrected chi connectivity index (χ4v) is 1.89. The van der Waals surface area contributed by atoms with Gasteiger partial charge in [0.25, 0.3) is 0 Å². The number of nitrogens with one attached hydrogen (secondary N) is 1. The van der Waals surface area contributed by atoms with E-state index in [2.05, 4.69) is 25.2 Å². The fraction of sp³-hybridized carbons (Fsp3) is 0.294. The Morgan fingerprint density at radius 2 is 1.80 bits per heavy atom. The van der Waals surface area contributed by atoms with E-state index in [1.807, 2.05) is 19.1 Å². The Labute approximate surface area is 119 Å². The van der Waals surface area contributed by atoms with Crippen molar-refractivity contribution < 1.29 is 9.13 Å². The largest absolute Gasteiger partial charge is 0.457 e. The third-order valence-corrected chi connectivity index (χ3v) is 3.00. The molecule has 20 heavy (non-hydrogen) atoms. The molecule has 0 radical (unpaired) electrons. The van der Waals surface area contributed by atoms with E-state index in [0.29, 0.717) is 11.8 Å². The minimum Gasteiger partial charge on any atom is -0.457 e. The predicted octanol–water partition coefficient (Wildman–Crippen LogP) is 4.42. The molecule has 1 N–H and O–H groups in total. The highest BCUT2D eigenvalue weighted by atomic mass is 19.1. The number of ether oxygens (including phenoxy) is 1. The van der Waals surface area contributed by atoms with E-state index in [0.717, 1.165) is 17.9 Å². The van der Waals surface area contributed by atoms with Crippen molar-refractivity contribution in [3.8, 4) is 11.5 Å². The first kappa shape index (κ1) is 14.5. The molecule has 0 heterocycles. The highest BCUT2D eigenvalue weighted by molar-refractivity contribution is 5.39. The molecule has 0 saturated heterocycles. The van der Waals surface area contributed by atoms with Crippen molar-refractivity contribution in [2.45, 2.75) is 33.4 Å². The van der Waals surface area contributed by atoms with Gasteiger partial charge in [-0.1, -0.05) is 26.0 Å². The van der Waals surface area contributed by atoms with Gasteiger partial charge in [-0.15, -0.1) is 0 Å². The smallest absolute Gasteiger partial charge is 0.130 e. The molecule has 0 bridgehead atoms. The first-order valence-corrected chi connectivity index (χ1v) is 6.81. The van der Waals surface area contributed by atoms with Gasteiger partial charge in [0.2, 0.25) is 0 Å². The van der Waals surface area contributed by atoms with Crippen LogP contribution in [0.15, 0.2) is 42.5 Å². The molecule has 106 valence electrons. The second-order valence-electron chi connectivity index (χ2n) is 5.19. The summed E-state index contributed by atoms with van der Waals surface area (Å²) in [6.45, 7) is 7.10. The lowest BCUT2D eigenvalue weighted by Crippen LogP contribution is -2.21. The molecule has 0 atom stereocenters. The van der Waals surface area contributed by atoms with E-state index in [1.165, 1.54) is 17.7 Å². The Morgan fingerprint density at radius 3 is 2.40 bits per heavy atom. The van der Waals surface area contributed by atoms with E-state index < -0.39 is 0 Å². The lowest BCUT2D eigenvalue weighted by atomic mass is 10.1. The second kappa shape index (κ2) is 6.53. The van der Waals surface area contributed by atoms with E-state index in [-0.39, 0.29) is 5.82 Å². The Morgan fingerprint density at radius 1 is 1.10 bits per heavy atom. The summed E-state index contributed by atoms with van der Waals surface area (Å²) < 4.78 is 18.6. The summed E-state index contributed by atoms with van der Waals surface area (Å²) in [4.78, 5) is 0. The molecular formula is C17H20FNO. The van der Waals surface area contributed by atoms with Crippen LogP contribution in [-0.2, 0) is 6.54 Å². The highest BCUT2D eigenvalue weighted by Crippen LogP contribution is 2.25. The summed E-state index contributed by atoms with van der Waals surface area (Å²) in [5, 5.41) is 3.38. The van der Waals surface area contributed by atoms with Crippen LogP contribution in [0.25, 0.3) is 0 Å². The van der Waals surface area contributed by atoms with Crippen molar-refractivity contribution in [2.24, 2.45) is 0 Å². The lowest BCUT2D eigenvalue weighted by Gasteiger charge is -2.12. The number of benzene rings is 2. The van der Waals surface area contributed by atoms with Crippen molar-refractivity contribution in [1.29, 1.82) is 0 Å². The zero-order valence-corrected chi connectivity index (χ0v) is 12.1. The van der Waals surface area contributed by atoms with Gasteiger partial charge in [-0.2, -0.15) is 0 Å². The van der Waals surface area contributed by atoms with E-state index in [9.17, 15) is 4.39 Å². The number of hydrogen-bond donors (Lipinski definition) is 1. The Balaban J connectivity index is 2.07. The van der Waals surface area contributed by atoms with Gasteiger partial charge in [0.15, 0.2) is 0 Å². The van der Waals surface area contributed by atoms with Crippen LogP contribution >= 0.6 is 0 Å². The van der Waals surface area contributed by atoms with Gasteiger partial charge in [0.05, 0.1) is 0 Å². The topological polar surface area (TPSA) is 21.3 Å². The number of aryl methyl sites for hydroxylation is 1. The molecule has 0 saturated carbocycles. The van der Waals surface area contributed by atoms with Crippen LogP contribution in [0.1, 0.15) is 25.0 Å². The maximum absolute atomic E-state index is 12.8. The molecule has 2 nitrogen and oxygen atoms in total. The maximum Gasteiger partial charge on any atom is 0.130 e. The van der Waals surface area contributed by atoms with E-state index in [1.54, 1.807) is 12.1 Å². The van der Waals surface area contributed by atoms with Crippen molar-refractivity contribution >= 4 is 0 Å². The van der Waals surface area contributed by atoms with E-state index in [4.69, 9.17) is 4.74 Å². The SMILES string of the molecule is Cc1cc(CNC(C)C)ccc1Oc1ccc(F)cc1. The quantitative estimate of drug-likeness (QED) is 0.870. The van der Waals surface area contributed by atoms with Crippen LogP contribution in [0.4, 0.5) is 4.39 Å². The molecule has 2 aromatic carbocycles. The second-order valence-corrected chi connectivity index (χ2v) is 5.19. The summed E-state index contributed by atoms with van der Waals surface area (Å²) in [5.41, 5.74) is 2.29. The van der Waals surface area contributed by atoms with Crippen LogP contribution < -0.4 is 10.1 Å². The third kappa shape index (κ3) is 4.07. The fourth-order valence-electron chi connectivity index (χ4n) is 1.89. The molecule has 0 amide bonds. The molecule has 0 aromatic heterocycles. The van der Waals surface area contributed by atoms with Gasteiger partial charge in [-0.05, 0) is 48.4 Å². The Kier molecular flexibility index (Phi) is 4.74. The van der Waals surface area contributed by atoms with Gasteiger partial charge < -0.3 is 10.1 Å². The number of hydrogen-bond acceptors (Lipinski definition) is 2. The third-order valence-electron chi connectivity index (χ3n) is 3.00. The summed E-state index contributed by atoms with van der Waals surface area (Å²) in [6, 6.07) is 12.6. The van der Waals surface area contributed by atoms with Gasteiger partial charge >= 0.3 is 0 Å². The van der Waals surface area contributed by atoms with Gasteiger partial charge in [0.1, 0.15) is 17.3 Å². The van der Waals surface area contributed by atoms with Crippen LogP contribution in [-0.4, -0.2) is 6.04 Å². The van der Waals surface area contributed by atoms with E-state index >= 15 is 0 Å². The van der Waals surface area contributed by atoms with Crippen LogP contribution in [0.3, 0.4) is 0 Å². The predicted molar refractivity (Wildman–Crippen MR) is 79.6 cm³/mol. The molecular weight excluding hydrogens is 253 g/mol. The van der Waals surface area contributed by atoms with Crippen molar-refractivity contribution in [1.82, 2.24) is 5.32 Å². The molecule has 0 spiro atoms. The van der Waals surface area contributed by atoms with Gasteiger partial charge in [-0.3, -0.25) is 0 Å². The molecule has 0 aliphatic rings. The van der Waals surface area contributed by atoms with Crippen LogP contribution in [0, 0.1) is 12.7 Å². The van der Waals surface area contributed by atoms with Crippen LogP contribution in [0.2, 0.25) is 0 Å². The first-order chi connectivity index (χ1) is 9.54. The molecule has 0 fully saturated rings. The van der Waals surface area contributed by atoms with Gasteiger partial charge in [0, 0.05) is 12.6 Å². The standard InChI is InChI=1S/C17H20FNO/c1-12(2)19-11-14-4-9-17(13(3)10-14)20-16-7-5-15(18)6-8-16/h4-10,12,19H,11H2,1-3H3. The van der Waals surface area contributed by atoms with Crippen molar-refractivity contribution in [2.75, 3.05) is 0 Å². The molecule has 2 rings (SSSR count). The average Bonchev–Trinajstić information content (AvgIpc) is 2.41. The molecule has 2 aromatic rings. The normalized spacial score (nSPS) is 10.8. The highest BCUT2D eigenvalue weighted by Gasteiger charge is 2.04. The zero-order valence-electron chi connectivity index (χ0n) is 12.1. The zero-order chi connectivity index (χ0) is 14.5. The average molecular weight is 273 g/mol. The molecule has 0 aliphatic carbocycles. The monoisotopic (exact) mass is 273 g/mol.